The van der Waals surface area contributed by atoms with E-state index in [-0.39, 0.29) is 57.7 Å². The Morgan fingerprint density at radius 1 is 1.52 bits per heavy atom. The summed E-state index contributed by atoms with van der Waals surface area (Å²) in [6, 6.07) is 0. The SMILES string of the molecule is CON=C(C(=O)NC1(OC)CN(S(=O)(=O)O)C1=O)c1csc(NC(=O)CCl)n1.[H-].[Na+]. The van der Waals surface area contributed by atoms with E-state index in [9.17, 15) is 22.8 Å². The Morgan fingerprint density at radius 3 is 2.66 bits per heavy atom. The minimum atomic E-state index is -4.79. The number of nitrogens with one attached hydrogen (secondary N) is 2. The number of amides is 3. The molecule has 0 aliphatic carbocycles. The summed E-state index contributed by atoms with van der Waals surface area (Å²) >= 11 is 6.36. The van der Waals surface area contributed by atoms with Crippen molar-refractivity contribution in [3.05, 3.63) is 11.1 Å². The van der Waals surface area contributed by atoms with Crippen LogP contribution in [0.2, 0.25) is 0 Å². The van der Waals surface area contributed by atoms with Crippen molar-refractivity contribution in [3.63, 3.8) is 0 Å². The number of hydrogen-bond donors (Lipinski definition) is 3. The summed E-state index contributed by atoms with van der Waals surface area (Å²) in [4.78, 5) is 44.5. The van der Waals surface area contributed by atoms with E-state index in [1.54, 1.807) is 0 Å². The third-order valence-electron chi connectivity index (χ3n) is 3.39. The summed E-state index contributed by atoms with van der Waals surface area (Å²) in [5.74, 6) is -2.98. The Kier molecular flexibility index (Phi) is 8.97. The molecule has 0 bridgehead atoms. The van der Waals surface area contributed by atoms with Crippen molar-refractivity contribution in [1.82, 2.24) is 14.6 Å². The molecule has 13 nitrogen and oxygen atoms in total. The molecule has 3 N–H and O–H groups in total. The number of ether oxygens (including phenoxy) is 1. The second-order valence-corrected chi connectivity index (χ2v) is 7.58. The van der Waals surface area contributed by atoms with Crippen molar-refractivity contribution in [2.75, 3.05) is 32.0 Å². The van der Waals surface area contributed by atoms with Gasteiger partial charge in [-0.2, -0.15) is 8.42 Å². The zero-order chi connectivity index (χ0) is 21.1. The van der Waals surface area contributed by atoms with Crippen LogP contribution in [0.25, 0.3) is 0 Å². The van der Waals surface area contributed by atoms with Crippen molar-refractivity contribution in [2.45, 2.75) is 5.72 Å². The molecule has 1 unspecified atom stereocenters. The van der Waals surface area contributed by atoms with Gasteiger partial charge in [0.25, 0.3) is 11.8 Å². The smallest absolute Gasteiger partial charge is 1.00 e. The van der Waals surface area contributed by atoms with Gasteiger partial charge in [-0.3, -0.25) is 18.9 Å². The number of hydrogen-bond acceptors (Lipinski definition) is 10. The van der Waals surface area contributed by atoms with Gasteiger partial charge >= 0.3 is 39.9 Å². The third-order valence-corrected chi connectivity index (χ3v) is 5.25. The number of anilines is 1. The summed E-state index contributed by atoms with van der Waals surface area (Å²) in [7, 11) is -2.56. The Morgan fingerprint density at radius 2 is 2.17 bits per heavy atom. The number of nitrogens with zero attached hydrogens (tertiary/aromatic N) is 3. The molecule has 3 amide bonds. The first-order valence-electron chi connectivity index (χ1n) is 7.18. The van der Waals surface area contributed by atoms with E-state index in [2.05, 4.69) is 25.6 Å². The molecule has 0 radical (unpaired) electrons. The normalized spacial score (nSPS) is 19.1. The fourth-order valence-corrected chi connectivity index (χ4v) is 3.55. The fraction of sp³-hybridized carbons (Fsp3) is 0.417. The summed E-state index contributed by atoms with van der Waals surface area (Å²) in [5, 5.41) is 9.64. The first-order chi connectivity index (χ1) is 13.1. The van der Waals surface area contributed by atoms with E-state index in [0.29, 0.717) is 0 Å². The van der Waals surface area contributed by atoms with Crippen LogP contribution >= 0.6 is 22.9 Å². The van der Waals surface area contributed by atoms with Crippen LogP contribution in [-0.4, -0.2) is 78.1 Å². The third kappa shape index (κ3) is 5.64. The van der Waals surface area contributed by atoms with E-state index in [1.807, 2.05) is 0 Å². The average Bonchev–Trinajstić information content (AvgIpc) is 3.08. The van der Waals surface area contributed by atoms with Crippen LogP contribution in [0.1, 0.15) is 7.12 Å². The van der Waals surface area contributed by atoms with Crippen LogP contribution in [0.5, 0.6) is 0 Å². The number of halogens is 1. The molecule has 1 aliphatic heterocycles. The fourth-order valence-electron chi connectivity index (χ4n) is 2.07. The van der Waals surface area contributed by atoms with Crippen LogP contribution in [0.4, 0.5) is 5.13 Å². The predicted octanol–water partition coefficient (Wildman–Crippen LogP) is -4.11. The van der Waals surface area contributed by atoms with Gasteiger partial charge in [-0.1, -0.05) is 5.16 Å². The Bertz CT molecular complexity index is 945. The monoisotopic (exact) mass is 479 g/mol. The zero-order valence-electron chi connectivity index (χ0n) is 16.3. The molecule has 29 heavy (non-hydrogen) atoms. The molecule has 0 saturated carbocycles. The largest absolute Gasteiger partial charge is 1.00 e. The second kappa shape index (κ2) is 10.1. The maximum Gasteiger partial charge on any atom is 1.00 e. The van der Waals surface area contributed by atoms with E-state index in [0.717, 1.165) is 25.6 Å². The topological polar surface area (TPSA) is 177 Å². The van der Waals surface area contributed by atoms with Gasteiger partial charge in [-0.05, 0) is 0 Å². The van der Waals surface area contributed by atoms with Crippen LogP contribution in [0.3, 0.4) is 0 Å². The molecule has 17 heteroatoms. The van der Waals surface area contributed by atoms with Gasteiger partial charge < -0.3 is 21.6 Å². The Balaban J connectivity index is 0.00000420. The minimum absolute atomic E-state index is 0. The molecular formula is C12H15ClN5NaO8S2. The molecular weight excluding hydrogens is 465 g/mol. The molecule has 2 rings (SSSR count). The van der Waals surface area contributed by atoms with Gasteiger partial charge in [-0.25, -0.2) is 9.29 Å². The molecule has 1 atom stereocenters. The summed E-state index contributed by atoms with van der Waals surface area (Å²) in [6.45, 7) is -0.652. The van der Waals surface area contributed by atoms with Crippen LogP contribution in [0, 0.1) is 0 Å². The first-order valence-corrected chi connectivity index (χ1v) is 9.99. The first kappa shape index (κ1) is 25.7. The molecule has 0 aromatic carbocycles. The zero-order valence-corrected chi connectivity index (χ0v) is 19.7. The van der Waals surface area contributed by atoms with E-state index in [4.69, 9.17) is 20.9 Å². The predicted molar refractivity (Wildman–Crippen MR) is 97.3 cm³/mol. The summed E-state index contributed by atoms with van der Waals surface area (Å²) in [5.41, 5.74) is -2.40. The quantitative estimate of drug-likeness (QED) is 0.0635. The standard InChI is InChI=1S/C12H14ClN5O8S2.Na.H/c1-25-12(5-18(10(12)21)28(22,23)24)16-9(20)8(17-26-2)6-4-27-11(14-6)15-7(19)3-13;;/h4H,3,5H2,1-2H3,(H,16,20)(H,14,15,19)(H,22,23,24);;/q;+1;-1. The maximum atomic E-state index is 12.6. The van der Waals surface area contributed by atoms with Crippen molar-refractivity contribution >= 4 is 61.8 Å². The van der Waals surface area contributed by atoms with Gasteiger partial charge in [0.05, 0.1) is 6.54 Å². The molecule has 1 aromatic rings. The molecule has 0 spiro atoms. The van der Waals surface area contributed by atoms with Crippen molar-refractivity contribution in [3.8, 4) is 0 Å². The number of thiazole rings is 1. The second-order valence-electron chi connectivity index (χ2n) is 5.12. The number of rotatable bonds is 8. The van der Waals surface area contributed by atoms with E-state index >= 15 is 0 Å². The summed E-state index contributed by atoms with van der Waals surface area (Å²) < 4.78 is 36.2. The Labute approximate surface area is 197 Å². The van der Waals surface area contributed by atoms with Gasteiger partial charge in [0.15, 0.2) is 10.8 Å². The van der Waals surface area contributed by atoms with Crippen LogP contribution < -0.4 is 40.2 Å². The van der Waals surface area contributed by atoms with Gasteiger partial charge in [0.1, 0.15) is 18.7 Å². The van der Waals surface area contributed by atoms with Gasteiger partial charge in [-0.15, -0.1) is 22.9 Å². The summed E-state index contributed by atoms with van der Waals surface area (Å²) in [6.07, 6.45) is 0. The Hall–Kier alpha value is -1.33. The van der Waals surface area contributed by atoms with Crippen LogP contribution in [-0.2, 0) is 34.3 Å². The maximum absolute atomic E-state index is 12.6. The van der Waals surface area contributed by atoms with Crippen molar-refractivity contribution < 1.29 is 67.9 Å². The molecule has 1 fully saturated rings. The van der Waals surface area contributed by atoms with Crippen molar-refractivity contribution in [2.24, 2.45) is 5.16 Å². The number of methoxy groups -OCH3 is 1. The number of alkyl halides is 1. The van der Waals surface area contributed by atoms with Gasteiger partial charge in [0, 0.05) is 12.5 Å². The van der Waals surface area contributed by atoms with E-state index in [1.165, 1.54) is 5.38 Å². The average molecular weight is 480 g/mol. The number of carbonyl (C=O) groups is 3. The van der Waals surface area contributed by atoms with Gasteiger partial charge in [0.2, 0.25) is 11.6 Å². The van der Waals surface area contributed by atoms with Crippen LogP contribution in [0.15, 0.2) is 10.5 Å². The molecule has 1 aliphatic rings. The number of β-lactam (4-membered cyclic amide) rings is 1. The van der Waals surface area contributed by atoms with Crippen molar-refractivity contribution in [1.29, 1.82) is 0 Å². The molecule has 156 valence electrons. The number of oxime groups is 1. The molecule has 1 aromatic heterocycles. The number of carbonyl (C=O) groups excluding carboxylic acids is 3. The minimum Gasteiger partial charge on any atom is -1.00 e. The number of aromatic nitrogens is 1. The molecule has 1 saturated heterocycles. The molecule has 2 heterocycles. The van der Waals surface area contributed by atoms with E-state index < -0.39 is 40.3 Å².